The SMILES string of the molecule is C#COc1cc(CN2CCc3cc(OC)c(OC)cc3C2)ccc1OC. The Balaban J connectivity index is 1.77. The molecule has 0 bridgehead atoms. The summed E-state index contributed by atoms with van der Waals surface area (Å²) in [5.74, 6) is 2.75. The van der Waals surface area contributed by atoms with Gasteiger partial charge in [-0.2, -0.15) is 0 Å². The fourth-order valence-corrected chi connectivity index (χ4v) is 3.30. The summed E-state index contributed by atoms with van der Waals surface area (Å²) in [5.41, 5.74) is 3.70. The first-order valence-corrected chi connectivity index (χ1v) is 8.44. The molecule has 5 nitrogen and oxygen atoms in total. The van der Waals surface area contributed by atoms with Crippen molar-refractivity contribution in [3.63, 3.8) is 0 Å². The molecule has 136 valence electrons. The van der Waals surface area contributed by atoms with E-state index in [1.165, 1.54) is 11.1 Å². The van der Waals surface area contributed by atoms with Crippen molar-refractivity contribution < 1.29 is 18.9 Å². The summed E-state index contributed by atoms with van der Waals surface area (Å²) in [6.07, 6.45) is 8.44. The molecule has 0 spiro atoms. The lowest BCUT2D eigenvalue weighted by Gasteiger charge is -2.29. The van der Waals surface area contributed by atoms with Crippen molar-refractivity contribution in [3.8, 4) is 35.5 Å². The van der Waals surface area contributed by atoms with Crippen LogP contribution in [0.3, 0.4) is 0 Å². The summed E-state index contributed by atoms with van der Waals surface area (Å²) < 4.78 is 21.3. The van der Waals surface area contributed by atoms with Gasteiger partial charge in [0.2, 0.25) is 0 Å². The topological polar surface area (TPSA) is 40.2 Å². The highest BCUT2D eigenvalue weighted by atomic mass is 16.5. The summed E-state index contributed by atoms with van der Waals surface area (Å²) >= 11 is 0. The monoisotopic (exact) mass is 353 g/mol. The van der Waals surface area contributed by atoms with Crippen LogP contribution in [0.4, 0.5) is 0 Å². The molecule has 0 fully saturated rings. The third-order valence-corrected chi connectivity index (χ3v) is 4.60. The van der Waals surface area contributed by atoms with Crippen LogP contribution < -0.4 is 18.9 Å². The van der Waals surface area contributed by atoms with E-state index in [0.717, 1.165) is 43.1 Å². The Labute approximate surface area is 154 Å². The Bertz CT molecular complexity index is 825. The first-order chi connectivity index (χ1) is 12.7. The second kappa shape index (κ2) is 8.03. The van der Waals surface area contributed by atoms with Crippen molar-refractivity contribution in [1.29, 1.82) is 0 Å². The fraction of sp³-hybridized carbons (Fsp3) is 0.333. The molecule has 0 atom stereocenters. The van der Waals surface area contributed by atoms with Crippen molar-refractivity contribution in [2.45, 2.75) is 19.5 Å². The van der Waals surface area contributed by atoms with Crippen molar-refractivity contribution in [2.24, 2.45) is 0 Å². The third kappa shape index (κ3) is 3.71. The molecule has 0 aliphatic carbocycles. The summed E-state index contributed by atoms with van der Waals surface area (Å²) in [5, 5.41) is 0. The van der Waals surface area contributed by atoms with Crippen molar-refractivity contribution >= 4 is 0 Å². The summed E-state index contributed by atoms with van der Waals surface area (Å²) in [7, 11) is 4.93. The fourth-order valence-electron chi connectivity index (χ4n) is 3.30. The second-order valence-electron chi connectivity index (χ2n) is 6.14. The van der Waals surface area contributed by atoms with Crippen molar-refractivity contribution in [3.05, 3.63) is 47.0 Å². The predicted octanol–water partition coefficient (Wildman–Crippen LogP) is 3.24. The van der Waals surface area contributed by atoms with E-state index in [0.29, 0.717) is 11.5 Å². The lowest BCUT2D eigenvalue weighted by atomic mass is 9.98. The van der Waals surface area contributed by atoms with E-state index < -0.39 is 0 Å². The molecule has 26 heavy (non-hydrogen) atoms. The van der Waals surface area contributed by atoms with Crippen LogP contribution in [0.2, 0.25) is 0 Å². The van der Waals surface area contributed by atoms with E-state index >= 15 is 0 Å². The molecule has 1 aliphatic rings. The van der Waals surface area contributed by atoms with Crippen LogP contribution in [-0.4, -0.2) is 32.8 Å². The number of rotatable bonds is 6. The van der Waals surface area contributed by atoms with Gasteiger partial charge in [-0.15, -0.1) is 0 Å². The zero-order valence-corrected chi connectivity index (χ0v) is 15.4. The number of nitrogens with zero attached hydrogens (tertiary/aromatic N) is 1. The average Bonchev–Trinajstić information content (AvgIpc) is 2.67. The van der Waals surface area contributed by atoms with Crippen LogP contribution in [0.25, 0.3) is 0 Å². The quantitative estimate of drug-likeness (QED) is 0.746. The summed E-state index contributed by atoms with van der Waals surface area (Å²) in [4.78, 5) is 2.38. The van der Waals surface area contributed by atoms with Gasteiger partial charge in [0.15, 0.2) is 23.0 Å². The van der Waals surface area contributed by atoms with Crippen LogP contribution in [0.5, 0.6) is 23.0 Å². The second-order valence-corrected chi connectivity index (χ2v) is 6.14. The zero-order valence-electron chi connectivity index (χ0n) is 15.4. The number of methoxy groups -OCH3 is 3. The molecule has 0 saturated heterocycles. The minimum absolute atomic E-state index is 0.566. The maximum atomic E-state index is 5.43. The number of terminal acetylenes is 1. The molecular weight excluding hydrogens is 330 g/mol. The molecule has 0 aromatic heterocycles. The minimum atomic E-state index is 0.566. The summed E-state index contributed by atoms with van der Waals surface area (Å²) in [6.45, 7) is 2.63. The number of benzene rings is 2. The van der Waals surface area contributed by atoms with E-state index in [-0.39, 0.29) is 0 Å². The Hall–Kier alpha value is -2.84. The van der Waals surface area contributed by atoms with Crippen LogP contribution in [0.1, 0.15) is 16.7 Å². The first-order valence-electron chi connectivity index (χ1n) is 8.44. The molecule has 3 rings (SSSR count). The zero-order chi connectivity index (χ0) is 18.5. The van der Waals surface area contributed by atoms with Gasteiger partial charge < -0.3 is 18.9 Å². The van der Waals surface area contributed by atoms with E-state index in [9.17, 15) is 0 Å². The van der Waals surface area contributed by atoms with E-state index in [1.54, 1.807) is 21.3 Å². The molecule has 0 N–H and O–H groups in total. The molecular formula is C21H23NO4. The molecule has 0 amide bonds. The maximum absolute atomic E-state index is 5.43. The van der Waals surface area contributed by atoms with Crippen LogP contribution in [0.15, 0.2) is 30.3 Å². The first kappa shape index (κ1) is 18.0. The highest BCUT2D eigenvalue weighted by molar-refractivity contribution is 5.48. The molecule has 1 heterocycles. The molecule has 0 unspecified atom stereocenters. The lowest BCUT2D eigenvalue weighted by molar-refractivity contribution is 0.243. The molecule has 2 aromatic carbocycles. The van der Waals surface area contributed by atoms with E-state index in [2.05, 4.69) is 23.1 Å². The minimum Gasteiger partial charge on any atom is -0.493 e. The smallest absolute Gasteiger partial charge is 0.182 e. The van der Waals surface area contributed by atoms with Gasteiger partial charge in [0.05, 0.1) is 21.3 Å². The average molecular weight is 353 g/mol. The van der Waals surface area contributed by atoms with Crippen LogP contribution in [-0.2, 0) is 19.5 Å². The molecule has 0 radical (unpaired) electrons. The van der Waals surface area contributed by atoms with Gasteiger partial charge in [0.25, 0.3) is 0 Å². The Morgan fingerprint density at radius 3 is 2.27 bits per heavy atom. The van der Waals surface area contributed by atoms with Gasteiger partial charge >= 0.3 is 0 Å². The number of ether oxygens (including phenoxy) is 4. The van der Waals surface area contributed by atoms with Crippen LogP contribution in [0, 0.1) is 12.5 Å². The van der Waals surface area contributed by atoms with E-state index in [1.807, 2.05) is 18.2 Å². The highest BCUT2D eigenvalue weighted by Gasteiger charge is 2.20. The van der Waals surface area contributed by atoms with Crippen molar-refractivity contribution in [2.75, 3.05) is 27.9 Å². The lowest BCUT2D eigenvalue weighted by Crippen LogP contribution is -2.30. The normalized spacial score (nSPS) is 13.5. The van der Waals surface area contributed by atoms with E-state index in [4.69, 9.17) is 25.4 Å². The van der Waals surface area contributed by atoms with Gasteiger partial charge in [-0.25, -0.2) is 0 Å². The molecule has 1 aliphatic heterocycles. The summed E-state index contributed by atoms with van der Waals surface area (Å²) in [6, 6.07) is 10.0. The highest BCUT2D eigenvalue weighted by Crippen LogP contribution is 2.34. The van der Waals surface area contributed by atoms with Gasteiger partial charge in [-0.05, 0) is 47.4 Å². The largest absolute Gasteiger partial charge is 0.493 e. The van der Waals surface area contributed by atoms with Crippen molar-refractivity contribution in [1.82, 2.24) is 4.90 Å². The number of fused-ring (bicyclic) bond motifs is 1. The Morgan fingerprint density at radius 1 is 0.923 bits per heavy atom. The van der Waals surface area contributed by atoms with Gasteiger partial charge in [0.1, 0.15) is 6.11 Å². The predicted molar refractivity (Wildman–Crippen MR) is 99.8 cm³/mol. The Kier molecular flexibility index (Phi) is 5.55. The third-order valence-electron chi connectivity index (χ3n) is 4.60. The molecule has 0 saturated carbocycles. The number of hydrogen-bond donors (Lipinski definition) is 0. The molecule has 2 aromatic rings. The van der Waals surface area contributed by atoms with Gasteiger partial charge in [0, 0.05) is 19.6 Å². The van der Waals surface area contributed by atoms with Gasteiger partial charge in [-0.3, -0.25) is 4.90 Å². The maximum Gasteiger partial charge on any atom is 0.182 e. The molecule has 5 heteroatoms. The Morgan fingerprint density at radius 2 is 1.62 bits per heavy atom. The number of hydrogen-bond acceptors (Lipinski definition) is 5. The van der Waals surface area contributed by atoms with Gasteiger partial charge in [-0.1, -0.05) is 12.5 Å². The standard InChI is InChI=1S/C21H23NO4/c1-5-26-21-10-15(6-7-18(21)23-2)13-22-9-8-16-11-19(24-3)20(25-4)12-17(16)14-22/h1,6-7,10-12H,8-9,13-14H2,2-4H3. The van der Waals surface area contributed by atoms with Crippen LogP contribution >= 0.6 is 0 Å².